The molecule has 0 aliphatic heterocycles. The van der Waals surface area contributed by atoms with Crippen LogP contribution in [0.4, 0.5) is 5.95 Å². The Morgan fingerprint density at radius 2 is 1.92 bits per heavy atom. The number of fused-ring (bicyclic) bond motifs is 1. The zero-order valence-electron chi connectivity index (χ0n) is 12.9. The van der Waals surface area contributed by atoms with Crippen LogP contribution in [0.25, 0.3) is 17.0 Å². The lowest BCUT2D eigenvalue weighted by atomic mass is 10.1. The molecule has 0 aliphatic carbocycles. The Balaban J connectivity index is 1.70. The molecular weight excluding hydrogens is 320 g/mol. The number of carbonyl (C=O) groups is 1. The van der Waals surface area contributed by atoms with Gasteiger partial charge in [-0.3, -0.25) is 25.0 Å². The van der Waals surface area contributed by atoms with Gasteiger partial charge in [0.05, 0.1) is 11.3 Å². The number of hydrogen-bond donors (Lipinski definition) is 2. The molecule has 1 amide bonds. The van der Waals surface area contributed by atoms with Gasteiger partial charge in [0.15, 0.2) is 0 Å². The van der Waals surface area contributed by atoms with Gasteiger partial charge in [0.1, 0.15) is 0 Å². The molecular formula is C17H12N6O2. The maximum absolute atomic E-state index is 12.3. The van der Waals surface area contributed by atoms with Gasteiger partial charge in [-0.25, -0.2) is 4.98 Å². The zero-order valence-corrected chi connectivity index (χ0v) is 12.9. The standard InChI is InChI=1S/C17H12N6O2/c24-14-9-13(11-5-2-1-3-6-11)19-17-21-16(22-23(14)17)20-15(25)12-7-4-8-18-10-12/h1-10H,(H2,19,20,21,22,25). The van der Waals surface area contributed by atoms with Crippen LogP contribution in [0.3, 0.4) is 0 Å². The summed E-state index contributed by atoms with van der Waals surface area (Å²) in [6, 6.07) is 14.0. The zero-order chi connectivity index (χ0) is 17.2. The highest BCUT2D eigenvalue weighted by atomic mass is 16.2. The van der Waals surface area contributed by atoms with Crippen molar-refractivity contribution in [2.24, 2.45) is 0 Å². The van der Waals surface area contributed by atoms with Gasteiger partial charge in [0, 0.05) is 24.0 Å². The second-order valence-electron chi connectivity index (χ2n) is 5.25. The Labute approximate surface area is 141 Å². The fraction of sp³-hybridized carbons (Fsp3) is 0. The highest BCUT2D eigenvalue weighted by molar-refractivity contribution is 6.03. The minimum atomic E-state index is -0.386. The third-order valence-corrected chi connectivity index (χ3v) is 3.56. The summed E-state index contributed by atoms with van der Waals surface area (Å²) in [6.07, 6.45) is 3.02. The van der Waals surface area contributed by atoms with Gasteiger partial charge in [-0.15, -0.1) is 0 Å². The minimum Gasteiger partial charge on any atom is -0.291 e. The molecule has 122 valence electrons. The predicted octanol–water partition coefficient (Wildman–Crippen LogP) is 1.73. The number of hydrogen-bond acceptors (Lipinski definition) is 5. The molecule has 3 heterocycles. The number of carbonyl (C=O) groups excluding carboxylic acids is 1. The van der Waals surface area contributed by atoms with Crippen molar-refractivity contribution in [3.63, 3.8) is 0 Å². The van der Waals surface area contributed by atoms with Crippen LogP contribution in [0.5, 0.6) is 0 Å². The topological polar surface area (TPSA) is 105 Å². The average Bonchev–Trinajstić information content (AvgIpc) is 3.06. The second kappa shape index (κ2) is 6.00. The van der Waals surface area contributed by atoms with Crippen molar-refractivity contribution >= 4 is 17.6 Å². The monoisotopic (exact) mass is 332 g/mol. The fourth-order valence-corrected chi connectivity index (χ4v) is 2.37. The van der Waals surface area contributed by atoms with Crippen molar-refractivity contribution in [2.75, 3.05) is 5.32 Å². The normalized spacial score (nSPS) is 10.7. The largest absolute Gasteiger partial charge is 0.291 e. The molecule has 4 aromatic rings. The van der Waals surface area contributed by atoms with Crippen molar-refractivity contribution in [1.29, 1.82) is 0 Å². The number of aromatic amines is 1. The number of anilines is 1. The van der Waals surface area contributed by atoms with Crippen LogP contribution in [0.15, 0.2) is 65.7 Å². The first-order valence-corrected chi connectivity index (χ1v) is 7.47. The van der Waals surface area contributed by atoms with Gasteiger partial charge in [-0.2, -0.15) is 9.50 Å². The van der Waals surface area contributed by atoms with Gasteiger partial charge < -0.3 is 0 Å². The first kappa shape index (κ1) is 14.8. The molecule has 4 rings (SSSR count). The van der Waals surface area contributed by atoms with Gasteiger partial charge in [0.2, 0.25) is 5.95 Å². The minimum absolute atomic E-state index is 0.128. The van der Waals surface area contributed by atoms with Crippen LogP contribution in [0, 0.1) is 0 Å². The van der Waals surface area contributed by atoms with Crippen molar-refractivity contribution < 1.29 is 4.79 Å². The van der Waals surface area contributed by atoms with E-state index < -0.39 is 0 Å². The third kappa shape index (κ3) is 2.88. The molecule has 0 unspecified atom stereocenters. The molecule has 0 bridgehead atoms. The van der Waals surface area contributed by atoms with E-state index in [1.807, 2.05) is 30.3 Å². The molecule has 25 heavy (non-hydrogen) atoms. The van der Waals surface area contributed by atoms with Gasteiger partial charge in [-0.1, -0.05) is 30.3 Å². The number of H-pyrrole nitrogens is 1. The number of rotatable bonds is 3. The number of aromatic nitrogens is 5. The molecule has 8 heteroatoms. The first-order valence-electron chi connectivity index (χ1n) is 7.47. The number of nitrogens with zero attached hydrogens (tertiary/aromatic N) is 4. The molecule has 8 nitrogen and oxygen atoms in total. The summed E-state index contributed by atoms with van der Waals surface area (Å²) in [5, 5.41) is 5.31. The van der Waals surface area contributed by atoms with E-state index >= 15 is 0 Å². The van der Waals surface area contributed by atoms with E-state index in [4.69, 9.17) is 0 Å². The summed E-state index contributed by atoms with van der Waals surface area (Å²) in [7, 11) is 0. The lowest BCUT2D eigenvalue weighted by molar-refractivity contribution is 0.102. The Morgan fingerprint density at radius 3 is 2.68 bits per heavy atom. The fourth-order valence-electron chi connectivity index (χ4n) is 2.37. The predicted molar refractivity (Wildman–Crippen MR) is 91.2 cm³/mol. The van der Waals surface area contributed by atoms with Gasteiger partial charge in [-0.05, 0) is 12.1 Å². The molecule has 2 N–H and O–H groups in total. The van der Waals surface area contributed by atoms with E-state index in [9.17, 15) is 9.59 Å². The maximum atomic E-state index is 12.3. The Morgan fingerprint density at radius 1 is 1.08 bits per heavy atom. The summed E-state index contributed by atoms with van der Waals surface area (Å²) < 4.78 is 1.17. The summed E-state index contributed by atoms with van der Waals surface area (Å²) in [5.74, 6) is -0.0833. The van der Waals surface area contributed by atoms with E-state index in [0.717, 1.165) is 5.56 Å². The number of amides is 1. The van der Waals surface area contributed by atoms with Crippen molar-refractivity contribution in [3.8, 4) is 11.3 Å². The summed E-state index contributed by atoms with van der Waals surface area (Å²) in [5.41, 5.74) is 1.39. The second-order valence-corrected chi connectivity index (χ2v) is 5.25. The lowest BCUT2D eigenvalue weighted by Crippen LogP contribution is -2.16. The molecule has 0 saturated carbocycles. The van der Waals surface area contributed by atoms with Crippen molar-refractivity contribution in [1.82, 2.24) is 24.6 Å². The molecule has 0 aliphatic rings. The molecule has 0 fully saturated rings. The van der Waals surface area contributed by atoms with Crippen LogP contribution < -0.4 is 10.9 Å². The highest BCUT2D eigenvalue weighted by Gasteiger charge is 2.12. The van der Waals surface area contributed by atoms with E-state index in [-0.39, 0.29) is 23.2 Å². The molecule has 0 saturated heterocycles. The van der Waals surface area contributed by atoms with E-state index in [1.54, 1.807) is 18.3 Å². The van der Waals surface area contributed by atoms with Crippen molar-refractivity contribution in [2.45, 2.75) is 0 Å². The van der Waals surface area contributed by atoms with Crippen molar-refractivity contribution in [3.05, 3.63) is 76.8 Å². The summed E-state index contributed by atoms with van der Waals surface area (Å²) >= 11 is 0. The van der Waals surface area contributed by atoms with Gasteiger partial charge in [0.25, 0.3) is 17.2 Å². The van der Waals surface area contributed by atoms with Crippen LogP contribution in [0.1, 0.15) is 10.4 Å². The third-order valence-electron chi connectivity index (χ3n) is 3.56. The number of pyridine rings is 1. The van der Waals surface area contributed by atoms with Crippen LogP contribution in [-0.2, 0) is 0 Å². The molecule has 1 aromatic carbocycles. The molecule has 0 spiro atoms. The summed E-state index contributed by atoms with van der Waals surface area (Å²) in [6.45, 7) is 0. The Kier molecular flexibility index (Phi) is 3.55. The first-order chi connectivity index (χ1) is 12.2. The lowest BCUT2D eigenvalue weighted by Gasteiger charge is -1.99. The summed E-state index contributed by atoms with van der Waals surface area (Å²) in [4.78, 5) is 36.8. The Bertz CT molecular complexity index is 1100. The average molecular weight is 332 g/mol. The van der Waals surface area contributed by atoms with E-state index in [0.29, 0.717) is 11.3 Å². The molecule has 0 atom stereocenters. The quantitative estimate of drug-likeness (QED) is 0.594. The molecule has 0 radical (unpaired) electrons. The van der Waals surface area contributed by atoms with Crippen LogP contribution in [-0.4, -0.2) is 30.5 Å². The number of benzene rings is 1. The Hall–Kier alpha value is -3.81. The van der Waals surface area contributed by atoms with Crippen LogP contribution >= 0.6 is 0 Å². The maximum Gasteiger partial charge on any atom is 0.274 e. The van der Waals surface area contributed by atoms with Crippen LogP contribution in [0.2, 0.25) is 0 Å². The SMILES string of the molecule is O=C(Nc1nc2nc(-c3ccccc3)cc(=O)n2[nH]1)c1cccnc1. The smallest absolute Gasteiger partial charge is 0.274 e. The van der Waals surface area contributed by atoms with Gasteiger partial charge >= 0.3 is 0 Å². The van der Waals surface area contributed by atoms with E-state index in [2.05, 4.69) is 25.4 Å². The van der Waals surface area contributed by atoms with E-state index in [1.165, 1.54) is 16.8 Å². The number of nitrogens with one attached hydrogen (secondary N) is 2. The molecule has 3 aromatic heterocycles. The highest BCUT2D eigenvalue weighted by Crippen LogP contribution is 2.15.